The number of thiazole rings is 1. The summed E-state index contributed by atoms with van der Waals surface area (Å²) in [4.78, 5) is 22.3. The zero-order chi connectivity index (χ0) is 17.5. The Balaban J connectivity index is 2.67. The Labute approximate surface area is 143 Å². The van der Waals surface area contributed by atoms with Crippen LogP contribution < -0.4 is 16.0 Å². The molecule has 130 valence electrons. The molecule has 1 aromatic heterocycles. The van der Waals surface area contributed by atoms with Crippen LogP contribution in [0.4, 0.5) is 0 Å². The zero-order valence-electron chi connectivity index (χ0n) is 15.0. The first-order valence-electron chi connectivity index (χ1n) is 8.03. The molecule has 6 nitrogen and oxygen atoms in total. The molecule has 0 radical (unpaired) electrons. The average molecular weight is 340 g/mol. The first-order chi connectivity index (χ1) is 10.8. The summed E-state index contributed by atoms with van der Waals surface area (Å²) < 4.78 is 0. The van der Waals surface area contributed by atoms with Crippen LogP contribution in [-0.2, 0) is 11.3 Å². The van der Waals surface area contributed by atoms with Crippen LogP contribution in [-0.4, -0.2) is 36.5 Å². The van der Waals surface area contributed by atoms with E-state index in [2.05, 4.69) is 32.9 Å². The van der Waals surface area contributed by atoms with E-state index in [0.29, 0.717) is 25.6 Å². The predicted octanol–water partition coefficient (Wildman–Crippen LogP) is 1.98. The Kier molecular flexibility index (Phi) is 7.48. The van der Waals surface area contributed by atoms with Gasteiger partial charge in [0.15, 0.2) is 5.96 Å². The molecule has 1 amide bonds. The molecule has 0 aliphatic rings. The van der Waals surface area contributed by atoms with Crippen LogP contribution in [0.15, 0.2) is 4.99 Å². The van der Waals surface area contributed by atoms with Crippen LogP contribution in [0.25, 0.3) is 0 Å². The molecule has 0 bridgehead atoms. The maximum absolute atomic E-state index is 12.0. The van der Waals surface area contributed by atoms with Gasteiger partial charge in [-0.3, -0.25) is 4.79 Å². The molecule has 7 heteroatoms. The molecule has 0 spiro atoms. The van der Waals surface area contributed by atoms with Gasteiger partial charge < -0.3 is 16.0 Å². The molecule has 0 aliphatic carbocycles. The number of nitrogens with zero attached hydrogens (tertiary/aromatic N) is 2. The summed E-state index contributed by atoms with van der Waals surface area (Å²) in [7, 11) is 0. The number of amides is 1. The van der Waals surface area contributed by atoms with Crippen molar-refractivity contribution in [3.8, 4) is 0 Å². The number of hydrogen-bond donors (Lipinski definition) is 3. The SMILES string of the molecule is CCNC(=O)C(C)(C)CNC(=NCc1nc(C)c(C)s1)NCC. The minimum Gasteiger partial charge on any atom is -0.357 e. The van der Waals surface area contributed by atoms with Crippen LogP contribution in [0.2, 0.25) is 0 Å². The number of guanidine groups is 1. The Hall–Kier alpha value is -1.63. The van der Waals surface area contributed by atoms with Gasteiger partial charge in [0.05, 0.1) is 17.7 Å². The summed E-state index contributed by atoms with van der Waals surface area (Å²) in [5, 5.41) is 10.3. The van der Waals surface area contributed by atoms with Gasteiger partial charge in [0, 0.05) is 24.5 Å². The molecule has 1 heterocycles. The summed E-state index contributed by atoms with van der Waals surface area (Å²) in [6, 6.07) is 0. The zero-order valence-corrected chi connectivity index (χ0v) is 15.9. The lowest BCUT2D eigenvalue weighted by molar-refractivity contribution is -0.128. The second-order valence-electron chi connectivity index (χ2n) is 6.04. The van der Waals surface area contributed by atoms with Crippen LogP contribution in [0.3, 0.4) is 0 Å². The molecular formula is C16H29N5OS. The fourth-order valence-corrected chi connectivity index (χ4v) is 2.74. The summed E-state index contributed by atoms with van der Waals surface area (Å²) in [5.74, 6) is 0.741. The van der Waals surface area contributed by atoms with Gasteiger partial charge in [0.25, 0.3) is 0 Å². The third-order valence-electron chi connectivity index (χ3n) is 3.44. The quantitative estimate of drug-likeness (QED) is 0.524. The number of carbonyl (C=O) groups excluding carboxylic acids is 1. The highest BCUT2D eigenvalue weighted by atomic mass is 32.1. The maximum atomic E-state index is 12.0. The minimum atomic E-state index is -0.499. The normalized spacial score (nSPS) is 12.2. The minimum absolute atomic E-state index is 0.0366. The number of nitrogens with one attached hydrogen (secondary N) is 3. The fourth-order valence-electron chi connectivity index (χ4n) is 1.88. The summed E-state index contributed by atoms with van der Waals surface area (Å²) >= 11 is 1.67. The van der Waals surface area contributed by atoms with E-state index in [9.17, 15) is 4.79 Å². The highest BCUT2D eigenvalue weighted by molar-refractivity contribution is 7.11. The van der Waals surface area contributed by atoms with Gasteiger partial charge in [-0.15, -0.1) is 11.3 Å². The molecule has 0 atom stereocenters. The molecule has 23 heavy (non-hydrogen) atoms. The van der Waals surface area contributed by atoms with Crippen molar-refractivity contribution in [1.29, 1.82) is 0 Å². The summed E-state index contributed by atoms with van der Waals surface area (Å²) in [5.41, 5.74) is 0.566. The van der Waals surface area contributed by atoms with Crippen molar-refractivity contribution in [1.82, 2.24) is 20.9 Å². The number of rotatable bonds is 7. The lowest BCUT2D eigenvalue weighted by Gasteiger charge is -2.24. The van der Waals surface area contributed by atoms with Crippen LogP contribution in [0.1, 0.15) is 43.3 Å². The first kappa shape index (κ1) is 19.4. The standard InChI is InChI=1S/C16H29N5OS/c1-7-17-14(22)16(5,6)10-20-15(18-8-2)19-9-13-21-11(3)12(4)23-13/h7-10H2,1-6H3,(H,17,22)(H2,18,19,20). The van der Waals surface area contributed by atoms with Gasteiger partial charge in [0.1, 0.15) is 5.01 Å². The largest absolute Gasteiger partial charge is 0.357 e. The van der Waals surface area contributed by atoms with Crippen LogP contribution in [0, 0.1) is 19.3 Å². The molecule has 0 saturated heterocycles. The number of aromatic nitrogens is 1. The second-order valence-corrected chi connectivity index (χ2v) is 7.33. The predicted molar refractivity (Wildman–Crippen MR) is 96.9 cm³/mol. The van der Waals surface area contributed by atoms with Gasteiger partial charge in [-0.2, -0.15) is 0 Å². The van der Waals surface area contributed by atoms with Crippen molar-refractivity contribution in [2.45, 2.75) is 48.1 Å². The number of hydrogen-bond acceptors (Lipinski definition) is 4. The fraction of sp³-hybridized carbons (Fsp3) is 0.688. The van der Waals surface area contributed by atoms with E-state index in [0.717, 1.165) is 17.2 Å². The monoisotopic (exact) mass is 339 g/mol. The molecule has 0 fully saturated rings. The topological polar surface area (TPSA) is 78.4 Å². The summed E-state index contributed by atoms with van der Waals surface area (Å²) in [6.45, 7) is 14.3. The molecule has 0 unspecified atom stereocenters. The van der Waals surface area contributed by atoms with E-state index in [1.807, 2.05) is 34.6 Å². The lowest BCUT2D eigenvalue weighted by atomic mass is 9.92. The molecule has 0 aromatic carbocycles. The lowest BCUT2D eigenvalue weighted by Crippen LogP contribution is -2.47. The summed E-state index contributed by atoms with van der Waals surface area (Å²) in [6.07, 6.45) is 0. The van der Waals surface area contributed by atoms with Crippen molar-refractivity contribution in [3.63, 3.8) is 0 Å². The highest BCUT2D eigenvalue weighted by Crippen LogP contribution is 2.17. The van der Waals surface area contributed by atoms with Gasteiger partial charge >= 0.3 is 0 Å². The molecule has 1 rings (SSSR count). The Morgan fingerprint density at radius 1 is 1.17 bits per heavy atom. The van der Waals surface area contributed by atoms with Gasteiger partial charge in [-0.1, -0.05) is 0 Å². The molecule has 0 aliphatic heterocycles. The Bertz CT molecular complexity index is 531. The van der Waals surface area contributed by atoms with E-state index in [1.54, 1.807) is 11.3 Å². The van der Waals surface area contributed by atoms with E-state index in [4.69, 9.17) is 0 Å². The van der Waals surface area contributed by atoms with Crippen LogP contribution in [0.5, 0.6) is 0 Å². The van der Waals surface area contributed by atoms with Gasteiger partial charge in [-0.05, 0) is 41.5 Å². The van der Waals surface area contributed by atoms with Crippen molar-refractivity contribution in [3.05, 3.63) is 15.6 Å². The maximum Gasteiger partial charge on any atom is 0.227 e. The van der Waals surface area contributed by atoms with Crippen molar-refractivity contribution in [2.75, 3.05) is 19.6 Å². The number of aryl methyl sites for hydroxylation is 2. The molecule has 0 saturated carbocycles. The van der Waals surface area contributed by atoms with Gasteiger partial charge in [0.2, 0.25) is 5.91 Å². The van der Waals surface area contributed by atoms with Crippen molar-refractivity contribution in [2.24, 2.45) is 10.4 Å². The Morgan fingerprint density at radius 3 is 2.35 bits per heavy atom. The third-order valence-corrected chi connectivity index (χ3v) is 4.50. The Morgan fingerprint density at radius 2 is 1.83 bits per heavy atom. The van der Waals surface area contributed by atoms with Crippen LogP contribution >= 0.6 is 11.3 Å². The van der Waals surface area contributed by atoms with Gasteiger partial charge in [-0.25, -0.2) is 9.98 Å². The smallest absolute Gasteiger partial charge is 0.227 e. The highest BCUT2D eigenvalue weighted by Gasteiger charge is 2.27. The molecule has 3 N–H and O–H groups in total. The first-order valence-corrected chi connectivity index (χ1v) is 8.85. The number of carbonyl (C=O) groups is 1. The average Bonchev–Trinajstić information content (AvgIpc) is 2.81. The van der Waals surface area contributed by atoms with E-state index in [1.165, 1.54) is 4.88 Å². The molecule has 1 aromatic rings. The van der Waals surface area contributed by atoms with E-state index in [-0.39, 0.29) is 5.91 Å². The van der Waals surface area contributed by atoms with Crippen molar-refractivity contribution < 1.29 is 4.79 Å². The molecular weight excluding hydrogens is 310 g/mol. The van der Waals surface area contributed by atoms with E-state index < -0.39 is 5.41 Å². The number of aliphatic imine (C=N–C) groups is 1. The third kappa shape index (κ3) is 6.17. The van der Waals surface area contributed by atoms with E-state index >= 15 is 0 Å². The van der Waals surface area contributed by atoms with Crippen molar-refractivity contribution >= 4 is 23.2 Å². The second kappa shape index (κ2) is 8.86.